The first-order valence-corrected chi connectivity index (χ1v) is 9.96. The van der Waals surface area contributed by atoms with Crippen molar-refractivity contribution in [2.24, 2.45) is 0 Å². The summed E-state index contributed by atoms with van der Waals surface area (Å²) in [6.07, 6.45) is -1.36. The van der Waals surface area contributed by atoms with E-state index in [2.05, 4.69) is 20.2 Å². The first-order valence-electron chi connectivity index (χ1n) is 9.96. The van der Waals surface area contributed by atoms with Gasteiger partial charge in [-0.2, -0.15) is 0 Å². The van der Waals surface area contributed by atoms with Crippen LogP contribution in [0.5, 0.6) is 0 Å². The molecule has 1 aromatic carbocycles. The number of aromatic nitrogens is 4. The molecule has 0 bridgehead atoms. The van der Waals surface area contributed by atoms with Gasteiger partial charge in [0.2, 0.25) is 0 Å². The van der Waals surface area contributed by atoms with Crippen LogP contribution in [-0.2, 0) is 0 Å². The fourth-order valence-corrected chi connectivity index (χ4v) is 3.75. The standard InChI is InChI=1S/C22H19F3N6/c23-15-3-1-14(2-4-15)21-28-17-5-6-19(30-11-9-26-10-12-30)29-22(17)31(21)16-7-8-27-18(13-16)20(24)25/h1-8,13,20,26H,9-12H2. The van der Waals surface area contributed by atoms with Crippen LogP contribution in [0, 0.1) is 5.82 Å². The van der Waals surface area contributed by atoms with Crippen molar-refractivity contribution >= 4 is 17.0 Å². The second-order valence-corrected chi connectivity index (χ2v) is 7.27. The fraction of sp³-hybridized carbons (Fsp3) is 0.227. The molecule has 4 aromatic rings. The summed E-state index contributed by atoms with van der Waals surface area (Å²) in [5, 5.41) is 3.31. The molecule has 31 heavy (non-hydrogen) atoms. The first kappa shape index (κ1) is 19.5. The number of pyridine rings is 2. The zero-order chi connectivity index (χ0) is 21.4. The van der Waals surface area contributed by atoms with E-state index in [0.29, 0.717) is 28.2 Å². The molecule has 4 heterocycles. The van der Waals surface area contributed by atoms with E-state index in [4.69, 9.17) is 4.98 Å². The maximum Gasteiger partial charge on any atom is 0.280 e. The predicted octanol–water partition coefficient (Wildman–Crippen LogP) is 3.97. The molecule has 0 spiro atoms. The summed E-state index contributed by atoms with van der Waals surface area (Å²) < 4.78 is 41.9. The van der Waals surface area contributed by atoms with E-state index in [9.17, 15) is 13.2 Å². The number of anilines is 1. The molecule has 0 radical (unpaired) electrons. The third-order valence-electron chi connectivity index (χ3n) is 5.28. The topological polar surface area (TPSA) is 58.9 Å². The number of imidazole rings is 1. The molecule has 1 saturated heterocycles. The lowest BCUT2D eigenvalue weighted by molar-refractivity contribution is 0.146. The van der Waals surface area contributed by atoms with Crippen molar-refractivity contribution in [3.05, 3.63) is 66.2 Å². The van der Waals surface area contributed by atoms with Gasteiger partial charge in [-0.05, 0) is 48.5 Å². The normalized spacial score (nSPS) is 14.5. The van der Waals surface area contributed by atoms with Crippen molar-refractivity contribution in [2.45, 2.75) is 6.43 Å². The van der Waals surface area contributed by atoms with Gasteiger partial charge in [-0.25, -0.2) is 23.1 Å². The SMILES string of the molecule is Fc1ccc(-c2nc3ccc(N4CCNCC4)nc3n2-c2ccnc(C(F)F)c2)cc1. The number of alkyl halides is 2. The van der Waals surface area contributed by atoms with Gasteiger partial charge in [0.25, 0.3) is 6.43 Å². The molecule has 1 aliphatic rings. The maximum absolute atomic E-state index is 13.5. The Kier molecular flexibility index (Phi) is 5.03. The summed E-state index contributed by atoms with van der Waals surface area (Å²) in [4.78, 5) is 15.5. The number of rotatable bonds is 4. The third kappa shape index (κ3) is 3.72. The number of piperazine rings is 1. The summed E-state index contributed by atoms with van der Waals surface area (Å²) in [7, 11) is 0. The summed E-state index contributed by atoms with van der Waals surface area (Å²) in [5.74, 6) is 0.921. The average Bonchev–Trinajstić information content (AvgIpc) is 3.19. The molecule has 0 amide bonds. The van der Waals surface area contributed by atoms with Crippen LogP contribution in [0.15, 0.2) is 54.7 Å². The van der Waals surface area contributed by atoms with Crippen LogP contribution in [0.1, 0.15) is 12.1 Å². The lowest BCUT2D eigenvalue weighted by atomic mass is 10.2. The lowest BCUT2D eigenvalue weighted by Crippen LogP contribution is -2.43. The Balaban J connectivity index is 1.72. The van der Waals surface area contributed by atoms with E-state index in [-0.39, 0.29) is 11.5 Å². The Bertz CT molecular complexity index is 1220. The Hall–Kier alpha value is -3.46. The number of hydrogen-bond donors (Lipinski definition) is 1. The second kappa shape index (κ2) is 7.99. The molecule has 5 rings (SSSR count). The van der Waals surface area contributed by atoms with Gasteiger partial charge in [0.1, 0.15) is 28.7 Å². The van der Waals surface area contributed by atoms with Crippen molar-refractivity contribution in [1.29, 1.82) is 0 Å². The minimum Gasteiger partial charge on any atom is -0.354 e. The van der Waals surface area contributed by atoms with Gasteiger partial charge in [-0.3, -0.25) is 9.55 Å². The van der Waals surface area contributed by atoms with Gasteiger partial charge >= 0.3 is 0 Å². The van der Waals surface area contributed by atoms with E-state index in [1.54, 1.807) is 22.8 Å². The number of halogens is 3. The Morgan fingerprint density at radius 1 is 0.935 bits per heavy atom. The lowest BCUT2D eigenvalue weighted by Gasteiger charge is -2.28. The van der Waals surface area contributed by atoms with E-state index in [0.717, 1.165) is 32.0 Å². The minimum atomic E-state index is -2.70. The van der Waals surface area contributed by atoms with Crippen molar-refractivity contribution in [1.82, 2.24) is 24.8 Å². The van der Waals surface area contributed by atoms with E-state index in [1.165, 1.54) is 24.4 Å². The van der Waals surface area contributed by atoms with Gasteiger partial charge in [0.05, 0.1) is 5.69 Å². The highest BCUT2D eigenvalue weighted by atomic mass is 19.3. The van der Waals surface area contributed by atoms with Crippen LogP contribution in [0.3, 0.4) is 0 Å². The monoisotopic (exact) mass is 424 g/mol. The zero-order valence-electron chi connectivity index (χ0n) is 16.5. The number of hydrogen-bond acceptors (Lipinski definition) is 5. The molecular formula is C22H19F3N6. The average molecular weight is 424 g/mol. The maximum atomic E-state index is 13.5. The van der Waals surface area contributed by atoms with Gasteiger partial charge in [0.15, 0.2) is 5.65 Å². The van der Waals surface area contributed by atoms with Crippen molar-refractivity contribution in [3.8, 4) is 17.1 Å². The summed E-state index contributed by atoms with van der Waals surface area (Å²) in [5.41, 5.74) is 1.95. The van der Waals surface area contributed by atoms with E-state index in [1.807, 2.05) is 12.1 Å². The molecular weight excluding hydrogens is 405 g/mol. The highest BCUT2D eigenvalue weighted by molar-refractivity contribution is 5.81. The molecule has 1 N–H and O–H groups in total. The quantitative estimate of drug-likeness (QED) is 0.537. The van der Waals surface area contributed by atoms with Crippen LogP contribution in [0.2, 0.25) is 0 Å². The molecule has 1 fully saturated rings. The Morgan fingerprint density at radius 3 is 2.45 bits per heavy atom. The smallest absolute Gasteiger partial charge is 0.280 e. The van der Waals surface area contributed by atoms with Gasteiger partial charge < -0.3 is 10.2 Å². The van der Waals surface area contributed by atoms with Crippen LogP contribution in [0.25, 0.3) is 28.2 Å². The second-order valence-electron chi connectivity index (χ2n) is 7.27. The molecule has 9 heteroatoms. The van der Waals surface area contributed by atoms with E-state index < -0.39 is 6.43 Å². The highest BCUT2D eigenvalue weighted by Gasteiger charge is 2.20. The van der Waals surface area contributed by atoms with Crippen LogP contribution in [0.4, 0.5) is 19.0 Å². The van der Waals surface area contributed by atoms with Crippen molar-refractivity contribution < 1.29 is 13.2 Å². The summed E-state index contributed by atoms with van der Waals surface area (Å²) >= 11 is 0. The molecule has 158 valence electrons. The molecule has 0 aliphatic carbocycles. The van der Waals surface area contributed by atoms with E-state index >= 15 is 0 Å². The predicted molar refractivity (Wildman–Crippen MR) is 112 cm³/mol. The van der Waals surface area contributed by atoms with Crippen LogP contribution < -0.4 is 10.2 Å². The Morgan fingerprint density at radius 2 is 1.71 bits per heavy atom. The third-order valence-corrected chi connectivity index (χ3v) is 5.28. The number of benzene rings is 1. The minimum absolute atomic E-state index is 0.331. The number of fused-ring (bicyclic) bond motifs is 1. The molecule has 0 unspecified atom stereocenters. The van der Waals surface area contributed by atoms with Crippen LogP contribution >= 0.6 is 0 Å². The highest BCUT2D eigenvalue weighted by Crippen LogP contribution is 2.30. The molecule has 6 nitrogen and oxygen atoms in total. The molecule has 0 saturated carbocycles. The molecule has 3 aromatic heterocycles. The molecule has 0 atom stereocenters. The van der Waals surface area contributed by atoms with Gasteiger partial charge in [-0.1, -0.05) is 0 Å². The summed E-state index contributed by atoms with van der Waals surface area (Å²) in [6, 6.07) is 12.7. The number of nitrogens with one attached hydrogen (secondary N) is 1. The van der Waals surface area contributed by atoms with Crippen molar-refractivity contribution in [2.75, 3.05) is 31.1 Å². The van der Waals surface area contributed by atoms with Gasteiger partial charge in [0, 0.05) is 37.9 Å². The molecule has 1 aliphatic heterocycles. The largest absolute Gasteiger partial charge is 0.354 e. The number of nitrogens with zero attached hydrogens (tertiary/aromatic N) is 5. The van der Waals surface area contributed by atoms with Gasteiger partial charge in [-0.15, -0.1) is 0 Å². The Labute approximate surface area is 176 Å². The van der Waals surface area contributed by atoms with Crippen LogP contribution in [-0.4, -0.2) is 45.7 Å². The summed E-state index contributed by atoms with van der Waals surface area (Å²) in [6.45, 7) is 3.37. The fourth-order valence-electron chi connectivity index (χ4n) is 3.75. The first-order chi connectivity index (χ1) is 15.1. The van der Waals surface area contributed by atoms with Crippen molar-refractivity contribution in [3.63, 3.8) is 0 Å². The zero-order valence-corrected chi connectivity index (χ0v) is 16.5.